The summed E-state index contributed by atoms with van der Waals surface area (Å²) < 4.78 is 25.2. The van der Waals surface area contributed by atoms with Gasteiger partial charge < -0.3 is 5.32 Å². The number of hydrogen-bond acceptors (Lipinski definition) is 6. The first kappa shape index (κ1) is 16.3. The number of sulfonamides is 1. The van der Waals surface area contributed by atoms with Gasteiger partial charge in [0.1, 0.15) is 4.21 Å². The molecule has 1 rings (SSSR count). The highest BCUT2D eigenvalue weighted by atomic mass is 35.5. The van der Waals surface area contributed by atoms with E-state index in [2.05, 4.69) is 5.32 Å². The molecule has 108 valence electrons. The zero-order chi connectivity index (χ0) is 14.6. The van der Waals surface area contributed by atoms with Gasteiger partial charge in [-0.05, 0) is 20.0 Å². The van der Waals surface area contributed by atoms with Crippen molar-refractivity contribution in [1.82, 2.24) is 9.62 Å². The lowest BCUT2D eigenvalue weighted by atomic mass is 10.4. The lowest BCUT2D eigenvalue weighted by molar-refractivity contribution is -0.384. The second-order valence-corrected chi connectivity index (χ2v) is 7.69. The van der Waals surface area contributed by atoms with Crippen LogP contribution in [-0.4, -0.2) is 44.8 Å². The first-order valence-electron chi connectivity index (χ1n) is 5.35. The average Bonchev–Trinajstić information content (AvgIpc) is 2.72. The predicted molar refractivity (Wildman–Crippen MR) is 74.3 cm³/mol. The third-order valence-corrected chi connectivity index (χ3v) is 6.05. The van der Waals surface area contributed by atoms with E-state index in [4.69, 9.17) is 11.6 Å². The summed E-state index contributed by atoms with van der Waals surface area (Å²) >= 11 is 6.36. The molecular formula is C9H14ClN3O4S2. The Balaban J connectivity index is 2.94. The first-order valence-corrected chi connectivity index (χ1v) is 7.98. The molecule has 0 aliphatic heterocycles. The molecule has 1 aromatic rings. The van der Waals surface area contributed by atoms with Crippen molar-refractivity contribution in [1.29, 1.82) is 0 Å². The summed E-state index contributed by atoms with van der Waals surface area (Å²) in [6, 6.07) is 0.997. The molecule has 19 heavy (non-hydrogen) atoms. The first-order chi connectivity index (χ1) is 8.80. The largest absolute Gasteiger partial charge is 0.320 e. The van der Waals surface area contributed by atoms with Crippen LogP contribution in [0.3, 0.4) is 0 Å². The number of nitro groups is 1. The van der Waals surface area contributed by atoms with E-state index in [1.807, 2.05) is 0 Å². The van der Waals surface area contributed by atoms with E-state index in [0.29, 0.717) is 30.8 Å². The Labute approximate surface area is 120 Å². The Morgan fingerprint density at radius 1 is 1.58 bits per heavy atom. The van der Waals surface area contributed by atoms with Crippen LogP contribution in [0.25, 0.3) is 0 Å². The third kappa shape index (κ3) is 3.86. The standard InChI is InChI=1S/C9H14ClN3O4S2/c1-11-4-3-5-12(2)19(16,17)8-6-7(13(14)15)9(10)18-8/h6,11H,3-5H2,1-2H3. The number of thiophene rings is 1. The minimum atomic E-state index is -3.72. The van der Waals surface area contributed by atoms with Gasteiger partial charge in [0, 0.05) is 19.7 Å². The van der Waals surface area contributed by atoms with Gasteiger partial charge in [0.25, 0.3) is 15.7 Å². The van der Waals surface area contributed by atoms with Crippen molar-refractivity contribution in [3.63, 3.8) is 0 Å². The topological polar surface area (TPSA) is 92.6 Å². The second kappa shape index (κ2) is 6.62. The fourth-order valence-corrected chi connectivity index (χ4v) is 4.43. The van der Waals surface area contributed by atoms with Crippen molar-refractivity contribution in [2.45, 2.75) is 10.6 Å². The van der Waals surface area contributed by atoms with Gasteiger partial charge in [0.15, 0.2) is 4.34 Å². The van der Waals surface area contributed by atoms with Crippen molar-refractivity contribution in [3.05, 3.63) is 20.5 Å². The molecule has 0 aliphatic rings. The van der Waals surface area contributed by atoms with E-state index in [-0.39, 0.29) is 14.2 Å². The van der Waals surface area contributed by atoms with Gasteiger partial charge in [0.05, 0.1) is 4.92 Å². The van der Waals surface area contributed by atoms with Gasteiger partial charge in [-0.25, -0.2) is 12.7 Å². The van der Waals surface area contributed by atoms with Crippen LogP contribution in [0, 0.1) is 10.1 Å². The lowest BCUT2D eigenvalue weighted by Gasteiger charge is -2.15. The fourth-order valence-electron chi connectivity index (χ4n) is 1.34. The van der Waals surface area contributed by atoms with Crippen LogP contribution in [0.5, 0.6) is 0 Å². The number of nitrogens with zero attached hydrogens (tertiary/aromatic N) is 2. The van der Waals surface area contributed by atoms with Crippen molar-refractivity contribution in [2.24, 2.45) is 0 Å². The summed E-state index contributed by atoms with van der Waals surface area (Å²) in [7, 11) is -0.510. The Kier molecular flexibility index (Phi) is 5.68. The van der Waals surface area contributed by atoms with Crippen LogP contribution in [0.4, 0.5) is 5.69 Å². The van der Waals surface area contributed by atoms with E-state index >= 15 is 0 Å². The molecular weight excluding hydrogens is 314 g/mol. The lowest BCUT2D eigenvalue weighted by Crippen LogP contribution is -2.29. The van der Waals surface area contributed by atoms with Crippen LogP contribution >= 0.6 is 22.9 Å². The summed E-state index contributed by atoms with van der Waals surface area (Å²) in [5, 5.41) is 13.6. The summed E-state index contributed by atoms with van der Waals surface area (Å²) in [4.78, 5) is 9.96. The minimum Gasteiger partial charge on any atom is -0.320 e. The zero-order valence-electron chi connectivity index (χ0n) is 10.4. The summed E-state index contributed by atoms with van der Waals surface area (Å²) in [5.74, 6) is 0. The van der Waals surface area contributed by atoms with E-state index in [0.717, 1.165) is 10.4 Å². The SMILES string of the molecule is CNCCCN(C)S(=O)(=O)c1cc([N+](=O)[O-])c(Cl)s1. The van der Waals surface area contributed by atoms with Crippen LogP contribution in [0.2, 0.25) is 4.34 Å². The number of rotatable bonds is 7. The van der Waals surface area contributed by atoms with Gasteiger partial charge in [0.2, 0.25) is 0 Å². The van der Waals surface area contributed by atoms with E-state index in [9.17, 15) is 18.5 Å². The molecule has 1 aromatic heterocycles. The second-order valence-electron chi connectivity index (χ2n) is 3.77. The van der Waals surface area contributed by atoms with Gasteiger partial charge >= 0.3 is 0 Å². The summed E-state index contributed by atoms with van der Waals surface area (Å²) in [5.41, 5.74) is -0.381. The highest BCUT2D eigenvalue weighted by Gasteiger charge is 2.28. The highest BCUT2D eigenvalue weighted by molar-refractivity contribution is 7.91. The molecule has 0 bridgehead atoms. The third-order valence-electron chi connectivity index (χ3n) is 2.41. The zero-order valence-corrected chi connectivity index (χ0v) is 12.8. The molecule has 0 amide bonds. The number of nitrogens with one attached hydrogen (secondary N) is 1. The maximum atomic E-state index is 12.1. The molecule has 0 saturated heterocycles. The van der Waals surface area contributed by atoms with E-state index < -0.39 is 14.9 Å². The Hall–Kier alpha value is -0.740. The molecule has 0 spiro atoms. The number of halogens is 1. The minimum absolute atomic E-state index is 0.115. The van der Waals surface area contributed by atoms with E-state index in [1.165, 1.54) is 7.05 Å². The molecule has 1 N–H and O–H groups in total. The maximum Gasteiger partial charge on any atom is 0.300 e. The Morgan fingerprint density at radius 3 is 2.68 bits per heavy atom. The van der Waals surface area contributed by atoms with Gasteiger partial charge in [-0.2, -0.15) is 0 Å². The highest BCUT2D eigenvalue weighted by Crippen LogP contribution is 2.37. The van der Waals surface area contributed by atoms with Gasteiger partial charge in [-0.1, -0.05) is 11.6 Å². The molecule has 0 saturated carbocycles. The summed E-state index contributed by atoms with van der Waals surface area (Å²) in [6.07, 6.45) is 0.646. The van der Waals surface area contributed by atoms with Gasteiger partial charge in [-0.3, -0.25) is 10.1 Å². The number of hydrogen-bond donors (Lipinski definition) is 1. The smallest absolute Gasteiger partial charge is 0.300 e. The normalized spacial score (nSPS) is 12.0. The van der Waals surface area contributed by atoms with Crippen molar-refractivity contribution >= 4 is 38.6 Å². The average molecular weight is 328 g/mol. The predicted octanol–water partition coefficient (Wildman–Crippen LogP) is 1.54. The molecule has 0 aromatic carbocycles. The van der Waals surface area contributed by atoms with Crippen molar-refractivity contribution in [2.75, 3.05) is 27.2 Å². The quantitative estimate of drug-likeness (QED) is 0.466. The molecule has 0 fully saturated rings. The van der Waals surface area contributed by atoms with Crippen molar-refractivity contribution in [3.8, 4) is 0 Å². The van der Waals surface area contributed by atoms with E-state index in [1.54, 1.807) is 7.05 Å². The van der Waals surface area contributed by atoms with Crippen molar-refractivity contribution < 1.29 is 13.3 Å². The summed E-state index contributed by atoms with van der Waals surface area (Å²) in [6.45, 7) is 1.01. The molecule has 7 nitrogen and oxygen atoms in total. The van der Waals surface area contributed by atoms with Crippen LogP contribution in [0.15, 0.2) is 10.3 Å². The molecule has 0 radical (unpaired) electrons. The van der Waals surface area contributed by atoms with Gasteiger partial charge in [-0.15, -0.1) is 11.3 Å². The van der Waals surface area contributed by atoms with Crippen LogP contribution < -0.4 is 5.32 Å². The van der Waals surface area contributed by atoms with Crippen LogP contribution in [-0.2, 0) is 10.0 Å². The molecule has 10 heteroatoms. The Morgan fingerprint density at radius 2 is 2.21 bits per heavy atom. The monoisotopic (exact) mass is 327 g/mol. The molecule has 0 atom stereocenters. The fraction of sp³-hybridized carbons (Fsp3) is 0.556. The van der Waals surface area contributed by atoms with Crippen LogP contribution in [0.1, 0.15) is 6.42 Å². The maximum absolute atomic E-state index is 12.1. The molecule has 0 unspecified atom stereocenters. The Bertz CT molecular complexity index is 558. The molecule has 0 aliphatic carbocycles. The molecule has 1 heterocycles.